The molecule has 3 saturated heterocycles. The van der Waals surface area contributed by atoms with E-state index < -0.39 is 34.4 Å². The van der Waals surface area contributed by atoms with Gasteiger partial charge in [-0.1, -0.05) is 26.0 Å². The van der Waals surface area contributed by atoms with Crippen LogP contribution in [0.25, 0.3) is 6.08 Å². The maximum Gasteiger partial charge on any atom is 0.248 e. The molecule has 7 nitrogen and oxygen atoms in total. The molecule has 0 unspecified atom stereocenters. The summed E-state index contributed by atoms with van der Waals surface area (Å²) in [4.78, 5) is 30.8. The molecule has 0 saturated carbocycles. The first-order chi connectivity index (χ1) is 15.5. The first-order valence-corrected chi connectivity index (χ1v) is 11.8. The molecule has 4 atom stereocenters. The van der Waals surface area contributed by atoms with Gasteiger partial charge in [0.2, 0.25) is 11.8 Å². The van der Waals surface area contributed by atoms with Crippen molar-refractivity contribution in [2.24, 2.45) is 5.41 Å². The number of nitrogens with zero attached hydrogens (tertiary/aromatic N) is 2. The number of benzene rings is 1. The lowest BCUT2D eigenvalue weighted by molar-refractivity contribution is -0.169. The van der Waals surface area contributed by atoms with Crippen LogP contribution in [0.1, 0.15) is 58.1 Å². The van der Waals surface area contributed by atoms with Crippen molar-refractivity contribution in [3.63, 3.8) is 0 Å². The van der Waals surface area contributed by atoms with Gasteiger partial charge in [-0.2, -0.15) is 0 Å². The van der Waals surface area contributed by atoms with Crippen molar-refractivity contribution in [1.82, 2.24) is 9.80 Å². The van der Waals surface area contributed by atoms with Crippen molar-refractivity contribution >= 4 is 23.6 Å². The van der Waals surface area contributed by atoms with Crippen LogP contribution in [0.2, 0.25) is 0 Å². The number of hydrogen-bond acceptors (Lipinski definition) is 5. The summed E-state index contributed by atoms with van der Waals surface area (Å²) in [5, 5.41) is 16.1. The number of rotatable bonds is 2. The minimum absolute atomic E-state index is 0.0644. The molecule has 2 N–H and O–H groups in total. The molecule has 174 valence electrons. The molecule has 3 fully saturated rings. The summed E-state index contributed by atoms with van der Waals surface area (Å²) in [6.07, 6.45) is 7.42. The fourth-order valence-corrected chi connectivity index (χ4v) is 6.84. The SMILES string of the molecule is C=CC(C)(C)[C@@]12Nc3c(ccc4c3C=CC(C)(C)O4)[C@]1(O)C[C@H]1C(=O)N3CCC[C@H]3C(=O)N12. The van der Waals surface area contributed by atoms with Gasteiger partial charge >= 0.3 is 0 Å². The van der Waals surface area contributed by atoms with Crippen molar-refractivity contribution in [2.75, 3.05) is 11.9 Å². The van der Waals surface area contributed by atoms with E-state index in [-0.39, 0.29) is 18.2 Å². The molecule has 0 bridgehead atoms. The highest BCUT2D eigenvalue weighted by molar-refractivity contribution is 6.00. The van der Waals surface area contributed by atoms with Crippen LogP contribution < -0.4 is 10.1 Å². The molecule has 7 heteroatoms. The van der Waals surface area contributed by atoms with E-state index in [1.54, 1.807) is 15.9 Å². The van der Waals surface area contributed by atoms with Crippen molar-refractivity contribution in [3.8, 4) is 5.75 Å². The average molecular weight is 450 g/mol. The van der Waals surface area contributed by atoms with Crippen molar-refractivity contribution in [2.45, 2.75) is 75.9 Å². The molecule has 0 aliphatic carbocycles. The number of amides is 2. The average Bonchev–Trinajstić information content (AvgIpc) is 3.41. The lowest BCUT2D eigenvalue weighted by atomic mass is 9.68. The summed E-state index contributed by atoms with van der Waals surface area (Å²) >= 11 is 0. The molecular weight excluding hydrogens is 418 g/mol. The van der Waals surface area contributed by atoms with Gasteiger partial charge in [0, 0.05) is 29.5 Å². The molecule has 5 heterocycles. The number of hydrogen-bond donors (Lipinski definition) is 2. The molecule has 0 spiro atoms. The van der Waals surface area contributed by atoms with E-state index in [4.69, 9.17) is 4.74 Å². The van der Waals surface area contributed by atoms with Gasteiger partial charge in [-0.05, 0) is 44.9 Å². The van der Waals surface area contributed by atoms with Gasteiger partial charge in [-0.3, -0.25) is 9.59 Å². The first kappa shape index (κ1) is 20.8. The second-order valence-corrected chi connectivity index (χ2v) is 11.2. The van der Waals surface area contributed by atoms with Gasteiger partial charge in [-0.15, -0.1) is 6.58 Å². The van der Waals surface area contributed by atoms with Crippen molar-refractivity contribution < 1.29 is 19.4 Å². The van der Waals surface area contributed by atoms with Gasteiger partial charge in [0.15, 0.2) is 5.66 Å². The summed E-state index contributed by atoms with van der Waals surface area (Å²) in [6, 6.07) is 2.59. The van der Waals surface area contributed by atoms with Crippen molar-refractivity contribution in [3.05, 3.63) is 42.0 Å². The van der Waals surface area contributed by atoms with Crippen LogP contribution in [0.5, 0.6) is 5.75 Å². The molecule has 5 aliphatic rings. The smallest absolute Gasteiger partial charge is 0.248 e. The number of aliphatic hydroxyl groups is 1. The van der Waals surface area contributed by atoms with Gasteiger partial charge in [0.25, 0.3) is 0 Å². The number of carbonyl (C=O) groups excluding carboxylic acids is 2. The number of piperazine rings is 1. The topological polar surface area (TPSA) is 82.1 Å². The van der Waals surface area contributed by atoms with Gasteiger partial charge < -0.3 is 25.0 Å². The Morgan fingerprint density at radius 3 is 2.73 bits per heavy atom. The van der Waals surface area contributed by atoms with E-state index in [1.807, 2.05) is 52.0 Å². The molecule has 5 aliphatic heterocycles. The Hall–Kier alpha value is -2.80. The van der Waals surface area contributed by atoms with Crippen LogP contribution in [0.3, 0.4) is 0 Å². The van der Waals surface area contributed by atoms with Crippen LogP contribution in [0.4, 0.5) is 5.69 Å². The highest BCUT2D eigenvalue weighted by Gasteiger charge is 2.76. The summed E-state index contributed by atoms with van der Waals surface area (Å²) in [7, 11) is 0. The van der Waals surface area contributed by atoms with Crippen LogP contribution in [-0.2, 0) is 15.2 Å². The van der Waals surface area contributed by atoms with Crippen LogP contribution in [0.15, 0.2) is 30.9 Å². The van der Waals surface area contributed by atoms with E-state index >= 15 is 0 Å². The first-order valence-electron chi connectivity index (χ1n) is 11.8. The molecule has 0 aromatic heterocycles. The monoisotopic (exact) mass is 449 g/mol. The quantitative estimate of drug-likeness (QED) is 0.679. The Morgan fingerprint density at radius 2 is 2.00 bits per heavy atom. The Kier molecular flexibility index (Phi) is 3.78. The van der Waals surface area contributed by atoms with Gasteiger partial charge in [0.1, 0.15) is 29.0 Å². The van der Waals surface area contributed by atoms with Crippen molar-refractivity contribution in [1.29, 1.82) is 0 Å². The number of carbonyl (C=O) groups is 2. The van der Waals surface area contributed by atoms with Crippen LogP contribution in [-0.4, -0.2) is 56.6 Å². The number of ether oxygens (including phenoxy) is 1. The lowest BCUT2D eigenvalue weighted by Crippen LogP contribution is -2.73. The maximum atomic E-state index is 13.9. The van der Waals surface area contributed by atoms with E-state index in [9.17, 15) is 14.7 Å². The number of nitrogens with one attached hydrogen (secondary N) is 1. The third-order valence-corrected chi connectivity index (χ3v) is 8.53. The Morgan fingerprint density at radius 1 is 1.24 bits per heavy atom. The van der Waals surface area contributed by atoms with Gasteiger partial charge in [-0.25, -0.2) is 0 Å². The molecule has 0 radical (unpaired) electrons. The normalized spacial score (nSPS) is 35.3. The number of fused-ring (bicyclic) bond motifs is 8. The summed E-state index contributed by atoms with van der Waals surface area (Å²) in [5.74, 6) is 0.568. The van der Waals surface area contributed by atoms with E-state index in [0.29, 0.717) is 18.5 Å². The fraction of sp³-hybridized carbons (Fsp3) is 0.538. The van der Waals surface area contributed by atoms with Crippen LogP contribution in [0, 0.1) is 5.41 Å². The highest BCUT2D eigenvalue weighted by Crippen LogP contribution is 2.65. The molecule has 33 heavy (non-hydrogen) atoms. The maximum absolute atomic E-state index is 13.9. The number of anilines is 1. The van der Waals surface area contributed by atoms with Crippen LogP contribution >= 0.6 is 0 Å². The Balaban J connectivity index is 1.59. The Bertz CT molecular complexity index is 1150. The minimum atomic E-state index is -1.47. The largest absolute Gasteiger partial charge is 0.483 e. The Labute approximate surface area is 194 Å². The zero-order chi connectivity index (χ0) is 23.6. The molecule has 1 aromatic carbocycles. The zero-order valence-corrected chi connectivity index (χ0v) is 19.6. The lowest BCUT2D eigenvalue weighted by Gasteiger charge is -2.54. The summed E-state index contributed by atoms with van der Waals surface area (Å²) in [6.45, 7) is 12.6. The van der Waals surface area contributed by atoms with E-state index in [0.717, 1.165) is 23.4 Å². The third kappa shape index (κ3) is 2.24. The second kappa shape index (κ2) is 6.00. The molecular formula is C26H31N3O4. The van der Waals surface area contributed by atoms with E-state index in [1.165, 1.54) is 0 Å². The predicted octanol–water partition coefficient (Wildman–Crippen LogP) is 3.00. The standard InChI is InChI=1S/C26H31N3O4/c1-6-23(2,3)26-25(32,14-18-21(30)28-13-7-8-17(28)22(31)29(18)26)16-9-10-19-15(20(16)27-26)11-12-24(4,5)33-19/h6,9-12,17-18,27,32H,1,7-8,13-14H2,2-5H3/t17-,18-,25+,26-/m0/s1. The zero-order valence-electron chi connectivity index (χ0n) is 19.6. The third-order valence-electron chi connectivity index (χ3n) is 8.53. The molecule has 2 amide bonds. The van der Waals surface area contributed by atoms with E-state index in [2.05, 4.69) is 11.9 Å². The fourth-order valence-electron chi connectivity index (χ4n) is 6.84. The minimum Gasteiger partial charge on any atom is -0.483 e. The summed E-state index contributed by atoms with van der Waals surface area (Å²) < 4.78 is 6.18. The summed E-state index contributed by atoms with van der Waals surface area (Å²) in [5.41, 5.74) is -1.60. The second-order valence-electron chi connectivity index (χ2n) is 11.2. The predicted molar refractivity (Wildman–Crippen MR) is 124 cm³/mol. The van der Waals surface area contributed by atoms with Gasteiger partial charge in [0.05, 0.1) is 5.69 Å². The highest BCUT2D eigenvalue weighted by atomic mass is 16.5. The molecule has 1 aromatic rings. The molecule has 6 rings (SSSR count).